The molecule has 3 nitrogen and oxygen atoms in total. The van der Waals surface area contributed by atoms with Gasteiger partial charge in [-0.15, -0.1) is 0 Å². The first-order valence-electron chi connectivity index (χ1n) is 4.89. The lowest BCUT2D eigenvalue weighted by molar-refractivity contribution is -0.141. The Kier molecular flexibility index (Phi) is 3.34. The molecule has 0 amide bonds. The molecule has 2 rings (SSSR count). The molecule has 0 saturated carbocycles. The quantitative estimate of drug-likeness (QED) is 0.844. The summed E-state index contributed by atoms with van der Waals surface area (Å²) in [6.45, 7) is 0. The van der Waals surface area contributed by atoms with E-state index in [1.807, 2.05) is 0 Å². The van der Waals surface area contributed by atoms with Crippen LogP contribution in [0, 0.1) is 0 Å². The molecule has 0 aliphatic rings. The van der Waals surface area contributed by atoms with Crippen LogP contribution in [0.5, 0.6) is 5.88 Å². The summed E-state index contributed by atoms with van der Waals surface area (Å²) in [6, 6.07) is 7.67. The van der Waals surface area contributed by atoms with Crippen LogP contribution in [0.2, 0.25) is 0 Å². The smallest absolute Gasteiger partial charge is 0.435 e. The highest BCUT2D eigenvalue weighted by Gasteiger charge is 2.35. The molecule has 18 heavy (non-hydrogen) atoms. The number of halogens is 4. The molecule has 0 unspecified atom stereocenters. The van der Waals surface area contributed by atoms with Crippen LogP contribution in [0.1, 0.15) is 5.69 Å². The van der Waals surface area contributed by atoms with Crippen LogP contribution < -0.4 is 4.74 Å². The maximum absolute atomic E-state index is 12.6. The number of aromatic nitrogens is 2. The number of ether oxygens (including phenoxy) is 1. The van der Waals surface area contributed by atoms with Gasteiger partial charge in [0.2, 0.25) is 5.88 Å². The van der Waals surface area contributed by atoms with Crippen molar-refractivity contribution in [2.45, 2.75) is 6.18 Å². The Bertz CT molecular complexity index is 566. The van der Waals surface area contributed by atoms with Gasteiger partial charge >= 0.3 is 6.18 Å². The molecule has 0 spiro atoms. The monoisotopic (exact) mass is 320 g/mol. The predicted molar refractivity (Wildman–Crippen MR) is 62.8 cm³/mol. The van der Waals surface area contributed by atoms with Crippen LogP contribution in [0.25, 0.3) is 5.69 Å². The number of rotatable bonds is 2. The van der Waals surface area contributed by atoms with Gasteiger partial charge in [-0.3, -0.25) is 0 Å². The molecule has 0 bridgehead atoms. The van der Waals surface area contributed by atoms with Crippen molar-refractivity contribution >= 4 is 15.9 Å². The largest absolute Gasteiger partial charge is 0.481 e. The lowest BCUT2D eigenvalue weighted by atomic mass is 10.3. The highest BCUT2D eigenvalue weighted by atomic mass is 79.9. The molecule has 1 heterocycles. The van der Waals surface area contributed by atoms with Gasteiger partial charge in [-0.05, 0) is 28.1 Å². The first-order chi connectivity index (χ1) is 8.43. The Morgan fingerprint density at radius 3 is 2.50 bits per heavy atom. The van der Waals surface area contributed by atoms with Gasteiger partial charge < -0.3 is 4.74 Å². The number of hydrogen-bond acceptors (Lipinski definition) is 2. The van der Waals surface area contributed by atoms with Crippen molar-refractivity contribution in [1.29, 1.82) is 0 Å². The molecule has 1 aromatic carbocycles. The van der Waals surface area contributed by atoms with Gasteiger partial charge in [0.05, 0.1) is 12.8 Å². The minimum absolute atomic E-state index is 0.0224. The van der Waals surface area contributed by atoms with Gasteiger partial charge in [-0.25, -0.2) is 0 Å². The van der Waals surface area contributed by atoms with Crippen LogP contribution >= 0.6 is 15.9 Å². The molecule has 0 atom stereocenters. The summed E-state index contributed by atoms with van der Waals surface area (Å²) >= 11 is 3.26. The zero-order valence-electron chi connectivity index (χ0n) is 9.20. The average molecular weight is 321 g/mol. The second-order valence-electron chi connectivity index (χ2n) is 3.43. The summed E-state index contributed by atoms with van der Waals surface area (Å²) in [7, 11) is 1.30. The normalized spacial score (nSPS) is 11.6. The van der Waals surface area contributed by atoms with E-state index >= 15 is 0 Å². The number of para-hydroxylation sites is 1. The van der Waals surface area contributed by atoms with Gasteiger partial charge in [-0.2, -0.15) is 23.0 Å². The molecule has 2 aromatic rings. The molecule has 0 saturated heterocycles. The maximum Gasteiger partial charge on any atom is 0.435 e. The molecule has 0 aliphatic heterocycles. The van der Waals surface area contributed by atoms with E-state index in [0.717, 1.165) is 10.7 Å². The SMILES string of the molecule is COc1cc(C(F)(F)F)nn1-c1ccccc1Br. The number of methoxy groups -OCH3 is 1. The Balaban J connectivity index is 2.58. The zero-order chi connectivity index (χ0) is 13.3. The van der Waals surface area contributed by atoms with Crippen molar-refractivity contribution < 1.29 is 17.9 Å². The highest BCUT2D eigenvalue weighted by Crippen LogP contribution is 2.33. The van der Waals surface area contributed by atoms with E-state index in [0.29, 0.717) is 10.2 Å². The first-order valence-corrected chi connectivity index (χ1v) is 5.69. The molecular weight excluding hydrogens is 313 g/mol. The van der Waals surface area contributed by atoms with Crippen LogP contribution in [-0.2, 0) is 6.18 Å². The van der Waals surface area contributed by atoms with E-state index in [1.165, 1.54) is 7.11 Å². The lowest BCUT2D eigenvalue weighted by Crippen LogP contribution is -2.07. The Hall–Kier alpha value is -1.50. The van der Waals surface area contributed by atoms with Crippen LogP contribution in [-0.4, -0.2) is 16.9 Å². The molecule has 1 aromatic heterocycles. The number of benzene rings is 1. The van der Waals surface area contributed by atoms with E-state index in [9.17, 15) is 13.2 Å². The maximum atomic E-state index is 12.6. The van der Waals surface area contributed by atoms with Crippen LogP contribution in [0.15, 0.2) is 34.8 Å². The van der Waals surface area contributed by atoms with Crippen molar-refractivity contribution in [3.8, 4) is 11.6 Å². The van der Waals surface area contributed by atoms with Gasteiger partial charge in [0.25, 0.3) is 0 Å². The Morgan fingerprint density at radius 1 is 1.28 bits per heavy atom. The van der Waals surface area contributed by atoms with Crippen molar-refractivity contribution in [2.24, 2.45) is 0 Å². The van der Waals surface area contributed by atoms with Gasteiger partial charge in [0, 0.05) is 10.5 Å². The van der Waals surface area contributed by atoms with Crippen molar-refractivity contribution in [2.75, 3.05) is 7.11 Å². The standard InChI is InChI=1S/C11H8BrF3N2O/c1-18-10-6-9(11(13,14)15)16-17(10)8-5-3-2-4-7(8)12/h2-6H,1H3. The van der Waals surface area contributed by atoms with Crippen LogP contribution in [0.3, 0.4) is 0 Å². The van der Waals surface area contributed by atoms with Crippen molar-refractivity contribution in [3.05, 3.63) is 40.5 Å². The minimum Gasteiger partial charge on any atom is -0.481 e. The molecule has 7 heteroatoms. The second-order valence-corrected chi connectivity index (χ2v) is 4.29. The highest BCUT2D eigenvalue weighted by molar-refractivity contribution is 9.10. The fourth-order valence-electron chi connectivity index (χ4n) is 1.44. The summed E-state index contributed by atoms with van der Waals surface area (Å²) in [5.41, 5.74) is -0.514. The fourth-order valence-corrected chi connectivity index (χ4v) is 1.90. The Labute approximate surface area is 109 Å². The number of alkyl halides is 3. The van der Waals surface area contributed by atoms with Gasteiger partial charge in [0.1, 0.15) is 0 Å². The van der Waals surface area contributed by atoms with Gasteiger partial charge in [-0.1, -0.05) is 12.1 Å². The molecular formula is C11H8BrF3N2O. The predicted octanol–water partition coefficient (Wildman–Crippen LogP) is 3.66. The number of nitrogens with zero attached hydrogens (tertiary/aromatic N) is 2. The van der Waals surface area contributed by atoms with Gasteiger partial charge in [0.15, 0.2) is 5.69 Å². The summed E-state index contributed by atoms with van der Waals surface area (Å²) in [4.78, 5) is 0. The summed E-state index contributed by atoms with van der Waals surface area (Å²) in [6.07, 6.45) is -4.50. The third-order valence-corrected chi connectivity index (χ3v) is 2.93. The van der Waals surface area contributed by atoms with E-state index in [1.54, 1.807) is 24.3 Å². The van der Waals surface area contributed by atoms with Crippen LogP contribution in [0.4, 0.5) is 13.2 Å². The summed E-state index contributed by atoms with van der Waals surface area (Å²) in [5, 5.41) is 3.52. The third kappa shape index (κ3) is 2.35. The lowest BCUT2D eigenvalue weighted by Gasteiger charge is -2.07. The van der Waals surface area contributed by atoms with Crippen molar-refractivity contribution in [1.82, 2.24) is 9.78 Å². The molecule has 0 radical (unpaired) electrons. The summed E-state index contributed by atoms with van der Waals surface area (Å²) in [5.74, 6) is 0.0224. The molecule has 96 valence electrons. The number of hydrogen-bond donors (Lipinski definition) is 0. The van der Waals surface area contributed by atoms with E-state index < -0.39 is 11.9 Å². The Morgan fingerprint density at radius 2 is 1.94 bits per heavy atom. The van der Waals surface area contributed by atoms with E-state index in [2.05, 4.69) is 21.0 Å². The minimum atomic E-state index is -4.50. The topological polar surface area (TPSA) is 27.1 Å². The fraction of sp³-hybridized carbons (Fsp3) is 0.182. The van der Waals surface area contributed by atoms with E-state index in [-0.39, 0.29) is 5.88 Å². The third-order valence-electron chi connectivity index (χ3n) is 2.26. The summed E-state index contributed by atoms with van der Waals surface area (Å²) < 4.78 is 44.4. The van der Waals surface area contributed by atoms with Crippen molar-refractivity contribution in [3.63, 3.8) is 0 Å². The molecule has 0 fully saturated rings. The second kappa shape index (κ2) is 4.64. The average Bonchev–Trinajstić information content (AvgIpc) is 2.73. The zero-order valence-corrected chi connectivity index (χ0v) is 10.8. The first kappa shape index (κ1) is 12.9. The molecule has 0 N–H and O–H groups in total. The van der Waals surface area contributed by atoms with E-state index in [4.69, 9.17) is 4.74 Å². The molecule has 0 aliphatic carbocycles.